The highest BCUT2D eigenvalue weighted by molar-refractivity contribution is 8.03. The lowest BCUT2D eigenvalue weighted by Gasteiger charge is -2.14. The Morgan fingerprint density at radius 2 is 1.33 bits per heavy atom. The van der Waals surface area contributed by atoms with E-state index < -0.39 is 19.5 Å². The second kappa shape index (κ2) is 5.94. The van der Waals surface area contributed by atoms with Gasteiger partial charge in [-0.2, -0.15) is 0 Å². The molecule has 0 aliphatic rings. The van der Waals surface area contributed by atoms with Crippen LogP contribution in [0.5, 0.6) is 0 Å². The molecule has 15 heavy (non-hydrogen) atoms. The first-order valence-corrected chi connectivity index (χ1v) is 14.0. The van der Waals surface area contributed by atoms with Gasteiger partial charge in [0.1, 0.15) is 0 Å². The van der Waals surface area contributed by atoms with E-state index in [-0.39, 0.29) is 0 Å². The van der Waals surface area contributed by atoms with Gasteiger partial charge in [-0.3, -0.25) is 4.74 Å². The van der Waals surface area contributed by atoms with Crippen molar-refractivity contribution in [1.29, 1.82) is 0 Å². The highest BCUT2D eigenvalue weighted by atomic mass is 35.7. The third-order valence-corrected chi connectivity index (χ3v) is 10.3. The van der Waals surface area contributed by atoms with Crippen LogP contribution in [0.4, 0.5) is 0 Å². The van der Waals surface area contributed by atoms with Crippen LogP contribution in [0.2, 0.25) is 0 Å². The summed E-state index contributed by atoms with van der Waals surface area (Å²) in [6.45, 7) is 5.55. The molecule has 2 atom stereocenters. The van der Waals surface area contributed by atoms with Crippen LogP contribution in [0.15, 0.2) is 13.8 Å². The van der Waals surface area contributed by atoms with E-state index in [1.165, 1.54) is 0 Å². The molecule has 0 amide bonds. The molecule has 0 aromatic carbocycles. The Labute approximate surface area is 107 Å². The van der Waals surface area contributed by atoms with E-state index >= 15 is 0 Å². The minimum atomic E-state index is -2.25. The van der Waals surface area contributed by atoms with E-state index in [0.29, 0.717) is 6.54 Å². The zero-order chi connectivity index (χ0) is 12.3. The molecule has 0 N–H and O–H groups in total. The molecule has 2 unspecified atom stereocenters. The van der Waals surface area contributed by atoms with Crippen LogP contribution in [0.1, 0.15) is 6.92 Å². The molecule has 0 spiro atoms. The predicted molar refractivity (Wildman–Crippen MR) is 79.8 cm³/mol. The van der Waals surface area contributed by atoms with Crippen LogP contribution in [0.3, 0.4) is 0 Å². The molecule has 0 heterocycles. The van der Waals surface area contributed by atoms with E-state index in [1.54, 1.807) is 6.66 Å². The van der Waals surface area contributed by atoms with Crippen LogP contribution in [0.25, 0.3) is 0 Å². The fourth-order valence-electron chi connectivity index (χ4n) is 0.990. The Balaban J connectivity index is 5.41. The third kappa shape index (κ3) is 9.28. The molecule has 0 rings (SSSR count). The van der Waals surface area contributed by atoms with Gasteiger partial charge in [0, 0.05) is 19.9 Å². The van der Waals surface area contributed by atoms with E-state index in [4.69, 9.17) is 33.7 Å². The monoisotopic (exact) mass is 329 g/mol. The molecule has 0 aliphatic heterocycles. The van der Waals surface area contributed by atoms with E-state index in [0.717, 1.165) is 0 Å². The van der Waals surface area contributed by atoms with E-state index in [2.05, 4.69) is 13.8 Å². The Hall–Kier alpha value is 1.56. The predicted octanol–water partition coefficient (Wildman–Crippen LogP) is 6.42. The zero-order valence-corrected chi connectivity index (χ0v) is 14.5. The maximum Gasteiger partial charge on any atom is 0.161 e. The van der Waals surface area contributed by atoms with Crippen LogP contribution < -0.4 is 0 Å². The highest BCUT2D eigenvalue weighted by Gasteiger charge is 2.15. The van der Waals surface area contributed by atoms with E-state index in [1.807, 2.05) is 26.9 Å². The second-order valence-electron chi connectivity index (χ2n) is 3.52. The fourth-order valence-corrected chi connectivity index (χ4v) is 13.7. The minimum absolute atomic E-state index is 0.646. The molecule has 3 nitrogen and oxygen atoms in total. The largest absolute Gasteiger partial charge is 0.268 e. The number of halogens is 3. The molecule has 0 bridgehead atoms. The number of nitrogens with zero attached hydrogens (tertiary/aromatic N) is 3. The van der Waals surface area contributed by atoms with Crippen LogP contribution >= 0.6 is 53.2 Å². The van der Waals surface area contributed by atoms with Crippen molar-refractivity contribution in [3.05, 3.63) is 0 Å². The summed E-state index contributed by atoms with van der Waals surface area (Å²) in [6.07, 6.45) is -1.80. The summed E-state index contributed by atoms with van der Waals surface area (Å²) in [5, 5.41) is 0. The van der Waals surface area contributed by atoms with Crippen molar-refractivity contribution in [3.63, 3.8) is 0 Å². The van der Waals surface area contributed by atoms with Gasteiger partial charge in [0.15, 0.2) is 13.1 Å². The average molecular weight is 331 g/mol. The summed E-state index contributed by atoms with van der Waals surface area (Å²) in [7, 11) is 0. The third-order valence-electron chi connectivity index (χ3n) is 1.10. The maximum atomic E-state index is 6.25. The van der Waals surface area contributed by atoms with Gasteiger partial charge in [-0.15, -0.1) is 0 Å². The number of rotatable bonds is 3. The van der Waals surface area contributed by atoms with E-state index in [9.17, 15) is 0 Å². The van der Waals surface area contributed by atoms with Crippen molar-refractivity contribution in [2.75, 3.05) is 33.2 Å². The van der Waals surface area contributed by atoms with Crippen molar-refractivity contribution < 1.29 is 0 Å². The summed E-state index contributed by atoms with van der Waals surface area (Å²) in [6, 6.07) is 0. The maximum absolute atomic E-state index is 6.25. The summed E-state index contributed by atoms with van der Waals surface area (Å²) in [5.74, 6) is 0. The van der Waals surface area contributed by atoms with Gasteiger partial charge in [-0.1, -0.05) is 33.7 Å². The summed E-state index contributed by atoms with van der Waals surface area (Å²) < 4.78 is 13.0. The number of hydrogen-bond acceptors (Lipinski definition) is 1. The molecule has 92 valence electrons. The first-order valence-electron chi connectivity index (χ1n) is 4.32. The first-order chi connectivity index (χ1) is 6.47. The van der Waals surface area contributed by atoms with Gasteiger partial charge in [0.2, 0.25) is 0 Å². The Kier molecular flexibility index (Phi) is 6.56. The molecular weight excluding hydrogens is 313 g/mol. The Morgan fingerprint density at radius 3 is 1.67 bits per heavy atom. The smallest absolute Gasteiger partial charge is 0.161 e. The van der Waals surface area contributed by atoms with Crippen molar-refractivity contribution in [2.45, 2.75) is 6.92 Å². The average Bonchev–Trinajstić information content (AvgIpc) is 1.74. The van der Waals surface area contributed by atoms with Crippen molar-refractivity contribution >= 4 is 53.2 Å². The van der Waals surface area contributed by atoms with Gasteiger partial charge in [-0.05, 0) is 20.3 Å². The van der Waals surface area contributed by atoms with Gasteiger partial charge >= 0.3 is 0 Å². The minimum Gasteiger partial charge on any atom is -0.268 e. The van der Waals surface area contributed by atoms with Crippen LogP contribution in [0, 0.1) is 0 Å². The topological polar surface area (TPSA) is 37.1 Å². The van der Waals surface area contributed by atoms with Gasteiger partial charge < -0.3 is 0 Å². The lowest BCUT2D eigenvalue weighted by Crippen LogP contribution is -1.70. The lowest BCUT2D eigenvalue weighted by molar-refractivity contribution is 1.15. The lowest BCUT2D eigenvalue weighted by atomic mass is 10.8. The summed E-state index contributed by atoms with van der Waals surface area (Å²) in [4.78, 5) is 0. The second-order valence-corrected chi connectivity index (χ2v) is 17.3. The number of hydrogen-bond donors (Lipinski definition) is 0. The van der Waals surface area contributed by atoms with Gasteiger partial charge in [0.05, 0.1) is 6.41 Å². The molecule has 0 aliphatic carbocycles. The Bertz CT molecular complexity index is 364. The van der Waals surface area contributed by atoms with Gasteiger partial charge in [-0.25, -0.2) is 9.03 Å². The molecular formula is C6H17Cl3N3P3. The molecule has 0 radical (unpaired) electrons. The van der Waals surface area contributed by atoms with Crippen molar-refractivity contribution in [3.8, 4) is 0 Å². The molecule has 0 saturated heterocycles. The molecule has 9 heteroatoms. The first kappa shape index (κ1) is 16.6. The molecule has 0 saturated carbocycles. The summed E-state index contributed by atoms with van der Waals surface area (Å²) in [5.41, 5.74) is 0. The molecule has 0 aromatic rings. The molecule has 0 aromatic heterocycles. The van der Waals surface area contributed by atoms with Crippen molar-refractivity contribution in [1.82, 2.24) is 0 Å². The van der Waals surface area contributed by atoms with Crippen LogP contribution in [-0.2, 0) is 0 Å². The zero-order valence-electron chi connectivity index (χ0n) is 9.52. The Morgan fingerprint density at radius 1 is 0.867 bits per heavy atom. The summed E-state index contributed by atoms with van der Waals surface area (Å²) >= 11 is 18.5. The van der Waals surface area contributed by atoms with Crippen LogP contribution in [-0.4, -0.2) is 33.2 Å². The normalized spacial score (nSPS) is 20.0. The molecule has 0 fully saturated rings. The highest BCUT2D eigenvalue weighted by Crippen LogP contribution is 2.70. The van der Waals surface area contributed by atoms with Crippen molar-refractivity contribution in [2.24, 2.45) is 13.8 Å². The quantitative estimate of drug-likeness (QED) is 0.535. The standard InChI is InChI=1S/C6H17Cl3N3P3/c1-6-10-14(4,8)12-15(5,9)11-13(2,3)7/h6H2,1-5H3. The SMILES string of the molecule is CCN=P(C)(Cl)N=P(C)(Cl)N=P(C)(C)Cl. The fraction of sp³-hybridized carbons (Fsp3) is 1.00. The van der Waals surface area contributed by atoms with Gasteiger partial charge in [0.25, 0.3) is 0 Å².